The van der Waals surface area contributed by atoms with Crippen LogP contribution in [-0.4, -0.2) is 28.9 Å². The van der Waals surface area contributed by atoms with Crippen molar-refractivity contribution >= 4 is 23.7 Å². The minimum atomic E-state index is -0.477. The highest BCUT2D eigenvalue weighted by Crippen LogP contribution is 2.23. The molecule has 2 aromatic carbocycles. The molecule has 0 heterocycles. The zero-order chi connectivity index (χ0) is 15.9. The smallest absolute Gasteiger partial charge is 0.277 e. The first-order valence-corrected chi connectivity index (χ1v) is 6.65. The normalized spacial score (nSPS) is 10.6. The number of nitrogens with zero attached hydrogens (tertiary/aromatic N) is 1. The fourth-order valence-electron chi connectivity index (χ4n) is 1.55. The molecule has 0 saturated heterocycles. The van der Waals surface area contributed by atoms with Gasteiger partial charge in [0, 0.05) is 11.6 Å². The van der Waals surface area contributed by atoms with Crippen LogP contribution < -0.4 is 10.2 Å². The van der Waals surface area contributed by atoms with Crippen LogP contribution >= 0.6 is 11.6 Å². The number of carbonyl (C=O) groups excluding carboxylic acids is 1. The van der Waals surface area contributed by atoms with E-state index in [2.05, 4.69) is 10.5 Å². The molecule has 0 unspecified atom stereocenters. The Morgan fingerprint density at radius 3 is 2.77 bits per heavy atom. The van der Waals surface area contributed by atoms with Crippen LogP contribution in [0.2, 0.25) is 5.02 Å². The average molecular weight is 321 g/mol. The summed E-state index contributed by atoms with van der Waals surface area (Å²) in [6.07, 6.45) is 1.25. The van der Waals surface area contributed by atoms with Gasteiger partial charge in [0.05, 0.1) is 11.2 Å². The van der Waals surface area contributed by atoms with E-state index in [1.165, 1.54) is 24.4 Å². The van der Waals surface area contributed by atoms with Gasteiger partial charge in [-0.25, -0.2) is 5.43 Å². The van der Waals surface area contributed by atoms with Gasteiger partial charge in [-0.1, -0.05) is 23.7 Å². The van der Waals surface area contributed by atoms with Gasteiger partial charge in [0.2, 0.25) is 0 Å². The zero-order valence-electron chi connectivity index (χ0n) is 11.4. The molecule has 0 aliphatic heterocycles. The number of hydrazone groups is 1. The number of para-hydroxylation sites is 1. The van der Waals surface area contributed by atoms with E-state index in [9.17, 15) is 9.90 Å². The minimum absolute atomic E-state index is 0.0631. The number of amides is 1. The largest absolute Gasteiger partial charge is 0.508 e. The van der Waals surface area contributed by atoms with Crippen molar-refractivity contribution in [3.05, 3.63) is 53.1 Å². The predicted octanol–water partition coefficient (Wildman–Crippen LogP) is 2.28. The Morgan fingerprint density at radius 1 is 1.27 bits per heavy atom. The van der Waals surface area contributed by atoms with Crippen LogP contribution in [-0.2, 0) is 4.79 Å². The number of benzene rings is 2. The summed E-state index contributed by atoms with van der Waals surface area (Å²) in [7, 11) is 0. The number of rotatable bonds is 5. The van der Waals surface area contributed by atoms with E-state index in [1.807, 2.05) is 0 Å². The van der Waals surface area contributed by atoms with E-state index in [0.717, 1.165) is 0 Å². The van der Waals surface area contributed by atoms with E-state index in [1.54, 1.807) is 24.3 Å². The van der Waals surface area contributed by atoms with Crippen molar-refractivity contribution in [2.75, 3.05) is 6.61 Å². The van der Waals surface area contributed by atoms with Gasteiger partial charge < -0.3 is 14.9 Å². The van der Waals surface area contributed by atoms with Crippen LogP contribution in [0.25, 0.3) is 0 Å². The summed E-state index contributed by atoms with van der Waals surface area (Å²) in [5.74, 6) is -0.286. The Morgan fingerprint density at radius 2 is 2.05 bits per heavy atom. The first-order valence-electron chi connectivity index (χ1n) is 6.27. The Labute approximate surface area is 131 Å². The molecule has 114 valence electrons. The van der Waals surface area contributed by atoms with E-state index in [-0.39, 0.29) is 18.1 Å². The third-order valence-corrected chi connectivity index (χ3v) is 2.91. The number of ether oxygens (including phenoxy) is 1. The summed E-state index contributed by atoms with van der Waals surface area (Å²) in [6.45, 7) is -0.247. The van der Waals surface area contributed by atoms with Gasteiger partial charge >= 0.3 is 0 Å². The molecule has 0 spiro atoms. The predicted molar refractivity (Wildman–Crippen MR) is 82.5 cm³/mol. The fourth-order valence-corrected chi connectivity index (χ4v) is 1.74. The third-order valence-electron chi connectivity index (χ3n) is 2.60. The van der Waals surface area contributed by atoms with Crippen molar-refractivity contribution in [2.24, 2.45) is 5.10 Å². The molecule has 0 aliphatic rings. The lowest BCUT2D eigenvalue weighted by atomic mass is 10.2. The van der Waals surface area contributed by atoms with E-state index in [0.29, 0.717) is 16.3 Å². The molecule has 0 atom stereocenters. The SMILES string of the molecule is O=C(COc1ccccc1Cl)N/N=C\c1ccc(O)cc1O. The number of halogens is 1. The molecule has 2 rings (SSSR count). The maximum atomic E-state index is 11.6. The highest BCUT2D eigenvalue weighted by Gasteiger charge is 2.04. The van der Waals surface area contributed by atoms with Crippen LogP contribution in [0.5, 0.6) is 17.2 Å². The zero-order valence-corrected chi connectivity index (χ0v) is 12.1. The lowest BCUT2D eigenvalue weighted by molar-refractivity contribution is -0.123. The fraction of sp³-hybridized carbons (Fsp3) is 0.0667. The molecule has 0 aromatic heterocycles. The number of aromatic hydroxyl groups is 2. The number of nitrogens with one attached hydrogen (secondary N) is 1. The molecule has 3 N–H and O–H groups in total. The quantitative estimate of drug-likeness (QED) is 0.582. The second kappa shape index (κ2) is 7.33. The molecule has 0 radical (unpaired) electrons. The maximum absolute atomic E-state index is 11.6. The van der Waals surface area contributed by atoms with Crippen molar-refractivity contribution in [3.63, 3.8) is 0 Å². The lowest BCUT2D eigenvalue weighted by Crippen LogP contribution is -2.24. The van der Waals surface area contributed by atoms with Crippen molar-refractivity contribution < 1.29 is 19.7 Å². The van der Waals surface area contributed by atoms with Gasteiger partial charge in [-0.05, 0) is 24.3 Å². The van der Waals surface area contributed by atoms with Crippen LogP contribution in [0.3, 0.4) is 0 Å². The Bertz CT molecular complexity index is 704. The van der Waals surface area contributed by atoms with Crippen molar-refractivity contribution in [1.29, 1.82) is 0 Å². The van der Waals surface area contributed by atoms with Gasteiger partial charge in [0.25, 0.3) is 5.91 Å². The highest BCUT2D eigenvalue weighted by atomic mass is 35.5. The summed E-state index contributed by atoms with van der Waals surface area (Å²) in [4.78, 5) is 11.6. The minimum Gasteiger partial charge on any atom is -0.508 e. The number of phenolic OH excluding ortho intramolecular Hbond substituents is 2. The Balaban J connectivity index is 1.85. The number of carbonyl (C=O) groups is 1. The molecule has 6 nitrogen and oxygen atoms in total. The first kappa shape index (κ1) is 15.7. The van der Waals surface area contributed by atoms with E-state index < -0.39 is 5.91 Å². The topological polar surface area (TPSA) is 91.2 Å². The van der Waals surface area contributed by atoms with Gasteiger partial charge in [-0.3, -0.25) is 4.79 Å². The second-order valence-corrected chi connectivity index (χ2v) is 4.66. The molecule has 0 fully saturated rings. The van der Waals surface area contributed by atoms with Crippen LogP contribution in [0.1, 0.15) is 5.56 Å². The number of hydrogen-bond donors (Lipinski definition) is 3. The molecular weight excluding hydrogens is 308 g/mol. The third kappa shape index (κ3) is 4.39. The van der Waals surface area contributed by atoms with Crippen molar-refractivity contribution in [3.8, 4) is 17.2 Å². The molecule has 0 saturated carbocycles. The molecule has 2 aromatic rings. The van der Waals surface area contributed by atoms with Crippen molar-refractivity contribution in [2.45, 2.75) is 0 Å². The van der Waals surface area contributed by atoms with Crippen LogP contribution in [0.15, 0.2) is 47.6 Å². The monoisotopic (exact) mass is 320 g/mol. The molecular formula is C15H13ClN2O4. The van der Waals surface area contributed by atoms with E-state index in [4.69, 9.17) is 21.4 Å². The Kier molecular flexibility index (Phi) is 5.21. The average Bonchev–Trinajstić information content (AvgIpc) is 2.49. The molecule has 0 aliphatic carbocycles. The highest BCUT2D eigenvalue weighted by molar-refractivity contribution is 6.32. The Hall–Kier alpha value is -2.73. The van der Waals surface area contributed by atoms with Gasteiger partial charge in [0.15, 0.2) is 6.61 Å². The molecule has 7 heteroatoms. The molecule has 1 amide bonds. The lowest BCUT2D eigenvalue weighted by Gasteiger charge is -2.06. The number of phenols is 2. The summed E-state index contributed by atoms with van der Waals surface area (Å²) in [6, 6.07) is 10.8. The van der Waals surface area contributed by atoms with Gasteiger partial charge in [0.1, 0.15) is 17.2 Å². The second-order valence-electron chi connectivity index (χ2n) is 4.26. The van der Waals surface area contributed by atoms with Gasteiger partial charge in [-0.15, -0.1) is 0 Å². The molecule has 0 bridgehead atoms. The van der Waals surface area contributed by atoms with Crippen LogP contribution in [0, 0.1) is 0 Å². The summed E-state index contributed by atoms with van der Waals surface area (Å²) < 4.78 is 5.24. The summed E-state index contributed by atoms with van der Waals surface area (Å²) in [5, 5.41) is 22.8. The summed E-state index contributed by atoms with van der Waals surface area (Å²) in [5.41, 5.74) is 2.60. The molecule has 22 heavy (non-hydrogen) atoms. The van der Waals surface area contributed by atoms with E-state index >= 15 is 0 Å². The van der Waals surface area contributed by atoms with Crippen molar-refractivity contribution in [1.82, 2.24) is 5.43 Å². The first-order chi connectivity index (χ1) is 10.6. The van der Waals surface area contributed by atoms with Crippen LogP contribution in [0.4, 0.5) is 0 Å². The standard InChI is InChI=1S/C15H13ClN2O4/c16-12-3-1-2-4-14(12)22-9-15(21)18-17-8-10-5-6-11(19)7-13(10)20/h1-8,19-20H,9H2,(H,18,21)/b17-8-. The number of hydrogen-bond acceptors (Lipinski definition) is 5. The maximum Gasteiger partial charge on any atom is 0.277 e. The summed E-state index contributed by atoms with van der Waals surface area (Å²) >= 11 is 5.89. The van der Waals surface area contributed by atoms with Gasteiger partial charge in [-0.2, -0.15) is 5.10 Å².